The van der Waals surface area contributed by atoms with Crippen molar-refractivity contribution in [2.75, 3.05) is 0 Å². The molecule has 0 saturated heterocycles. The fourth-order valence-corrected chi connectivity index (χ4v) is 1.72. The van der Waals surface area contributed by atoms with Crippen LogP contribution in [0.25, 0.3) is 6.08 Å². The van der Waals surface area contributed by atoms with Gasteiger partial charge in [0.1, 0.15) is 0 Å². The first-order chi connectivity index (χ1) is 8.70. The van der Waals surface area contributed by atoms with Gasteiger partial charge in [0, 0.05) is 6.08 Å². The number of hydrogen-bond acceptors (Lipinski definition) is 1. The molecule has 0 aliphatic rings. The molecule has 1 aromatic carbocycles. The summed E-state index contributed by atoms with van der Waals surface area (Å²) in [6.45, 7) is 3.79. The number of rotatable bonds is 4. The van der Waals surface area contributed by atoms with Crippen LogP contribution in [0.2, 0.25) is 0 Å². The molecule has 2 nitrogen and oxygen atoms in total. The van der Waals surface area contributed by atoms with Crippen molar-refractivity contribution in [3.8, 4) is 0 Å². The minimum absolute atomic E-state index is 0.181. The molecular weight excluding hydrogens is 257 g/mol. The molecule has 1 aromatic rings. The molecule has 0 saturated carbocycles. The van der Waals surface area contributed by atoms with Crippen LogP contribution >= 0.6 is 0 Å². The number of carbonyl (C=O) groups is 1. The van der Waals surface area contributed by atoms with Gasteiger partial charge in [0.05, 0.1) is 5.56 Å². The molecule has 0 unspecified atom stereocenters. The molecule has 0 atom stereocenters. The molecule has 104 valence electrons. The Bertz CT molecular complexity index is 488. The lowest BCUT2D eigenvalue weighted by atomic mass is 9.95. The van der Waals surface area contributed by atoms with Crippen molar-refractivity contribution in [3.63, 3.8) is 0 Å². The summed E-state index contributed by atoms with van der Waals surface area (Å²) >= 11 is 0. The lowest BCUT2D eigenvalue weighted by molar-refractivity contribution is -0.137. The van der Waals surface area contributed by atoms with Crippen molar-refractivity contribution >= 4 is 12.0 Å². The van der Waals surface area contributed by atoms with Crippen LogP contribution < -0.4 is 0 Å². The van der Waals surface area contributed by atoms with Gasteiger partial charge in [-0.2, -0.15) is 13.2 Å². The van der Waals surface area contributed by atoms with Crippen molar-refractivity contribution in [2.45, 2.75) is 26.4 Å². The summed E-state index contributed by atoms with van der Waals surface area (Å²) < 4.78 is 37.9. The number of alkyl halides is 3. The standard InChI is InChI=1S/C14H15F3O2/c1-9(2)7-11-8-12(14(15,16)17)5-3-10(11)4-6-13(18)19/h3-6,8-9H,7H2,1-2H3,(H,18,19). The summed E-state index contributed by atoms with van der Waals surface area (Å²) in [5.41, 5.74) is 0.294. The van der Waals surface area contributed by atoms with Crippen molar-refractivity contribution < 1.29 is 23.1 Å². The zero-order valence-corrected chi connectivity index (χ0v) is 10.7. The molecule has 5 heteroatoms. The second-order valence-corrected chi connectivity index (χ2v) is 4.68. The molecule has 0 heterocycles. The van der Waals surface area contributed by atoms with E-state index in [0.29, 0.717) is 17.5 Å². The maximum atomic E-state index is 12.6. The third-order valence-corrected chi connectivity index (χ3v) is 2.50. The van der Waals surface area contributed by atoms with Gasteiger partial charge in [-0.1, -0.05) is 19.9 Å². The molecule has 0 radical (unpaired) electrons. The molecule has 0 aromatic heterocycles. The van der Waals surface area contributed by atoms with E-state index in [1.54, 1.807) is 0 Å². The summed E-state index contributed by atoms with van der Waals surface area (Å²) in [6, 6.07) is 3.35. The zero-order chi connectivity index (χ0) is 14.6. The van der Waals surface area contributed by atoms with Crippen molar-refractivity contribution in [1.82, 2.24) is 0 Å². The Labute approximate surface area is 109 Å². The van der Waals surface area contributed by atoms with Gasteiger partial charge < -0.3 is 5.11 Å². The first-order valence-electron chi connectivity index (χ1n) is 5.81. The van der Waals surface area contributed by atoms with E-state index in [1.807, 2.05) is 13.8 Å². The number of carboxylic acid groups (broad SMARTS) is 1. The highest BCUT2D eigenvalue weighted by Gasteiger charge is 2.30. The molecular formula is C14H15F3O2. The lowest BCUT2D eigenvalue weighted by Gasteiger charge is -2.13. The maximum absolute atomic E-state index is 12.6. The topological polar surface area (TPSA) is 37.3 Å². The normalized spacial score (nSPS) is 12.3. The van der Waals surface area contributed by atoms with Gasteiger partial charge >= 0.3 is 12.1 Å². The fourth-order valence-electron chi connectivity index (χ4n) is 1.72. The molecule has 1 rings (SSSR count). The molecule has 1 N–H and O–H groups in total. The van der Waals surface area contributed by atoms with Crippen molar-refractivity contribution in [1.29, 1.82) is 0 Å². The van der Waals surface area contributed by atoms with Crippen LogP contribution in [0.15, 0.2) is 24.3 Å². The summed E-state index contributed by atoms with van der Waals surface area (Å²) in [4.78, 5) is 10.5. The van der Waals surface area contributed by atoms with E-state index < -0.39 is 17.7 Å². The summed E-state index contributed by atoms with van der Waals surface area (Å²) in [5.74, 6) is -0.948. The second kappa shape index (κ2) is 5.91. The number of aliphatic carboxylic acids is 1. The average Bonchev–Trinajstić information content (AvgIpc) is 2.25. The maximum Gasteiger partial charge on any atom is 0.416 e. The molecule has 0 fully saturated rings. The van der Waals surface area contributed by atoms with Crippen molar-refractivity contribution in [3.05, 3.63) is 41.0 Å². The molecule has 0 amide bonds. The third kappa shape index (κ3) is 4.77. The van der Waals surface area contributed by atoms with Crippen LogP contribution in [-0.2, 0) is 17.4 Å². The van der Waals surface area contributed by atoms with Crippen LogP contribution in [-0.4, -0.2) is 11.1 Å². The molecule has 0 bridgehead atoms. The van der Waals surface area contributed by atoms with Gasteiger partial charge in [-0.25, -0.2) is 4.79 Å². The van der Waals surface area contributed by atoms with E-state index in [-0.39, 0.29) is 5.92 Å². The SMILES string of the molecule is CC(C)Cc1cc(C(F)(F)F)ccc1C=CC(=O)O. The zero-order valence-electron chi connectivity index (χ0n) is 10.7. The van der Waals surface area contributed by atoms with Crippen molar-refractivity contribution in [2.24, 2.45) is 5.92 Å². The van der Waals surface area contributed by atoms with E-state index in [4.69, 9.17) is 5.11 Å². The van der Waals surface area contributed by atoms with Crippen LogP contribution in [0.1, 0.15) is 30.5 Å². The number of halogens is 3. The van der Waals surface area contributed by atoms with E-state index >= 15 is 0 Å². The Morgan fingerprint density at radius 3 is 2.47 bits per heavy atom. The highest BCUT2D eigenvalue weighted by Crippen LogP contribution is 2.31. The quantitative estimate of drug-likeness (QED) is 0.841. The van der Waals surface area contributed by atoms with Gasteiger partial charge in [0.15, 0.2) is 0 Å². The third-order valence-electron chi connectivity index (χ3n) is 2.50. The van der Waals surface area contributed by atoms with Crippen LogP contribution in [0.3, 0.4) is 0 Å². The predicted molar refractivity (Wildman–Crippen MR) is 66.7 cm³/mol. The monoisotopic (exact) mass is 272 g/mol. The molecule has 19 heavy (non-hydrogen) atoms. The largest absolute Gasteiger partial charge is 0.478 e. The summed E-state index contributed by atoms with van der Waals surface area (Å²) in [6.07, 6.45) is -1.68. The summed E-state index contributed by atoms with van der Waals surface area (Å²) in [7, 11) is 0. The predicted octanol–water partition coefficient (Wildman–Crippen LogP) is 4.00. The fraction of sp³-hybridized carbons (Fsp3) is 0.357. The van der Waals surface area contributed by atoms with Gasteiger partial charge in [0.2, 0.25) is 0 Å². The Hall–Kier alpha value is -1.78. The van der Waals surface area contributed by atoms with E-state index in [9.17, 15) is 18.0 Å². The minimum atomic E-state index is -4.39. The number of benzene rings is 1. The Morgan fingerprint density at radius 1 is 1.37 bits per heavy atom. The summed E-state index contributed by atoms with van der Waals surface area (Å²) in [5, 5.41) is 8.56. The Balaban J connectivity index is 3.20. The van der Waals surface area contributed by atoms with Gasteiger partial charge in [-0.15, -0.1) is 0 Å². The molecule has 0 aliphatic carbocycles. The highest BCUT2D eigenvalue weighted by atomic mass is 19.4. The number of carboxylic acids is 1. The second-order valence-electron chi connectivity index (χ2n) is 4.68. The molecule has 0 aliphatic heterocycles. The van der Waals surface area contributed by atoms with E-state index in [0.717, 1.165) is 18.2 Å². The van der Waals surface area contributed by atoms with Gasteiger partial charge in [-0.05, 0) is 41.7 Å². The number of hydrogen-bond donors (Lipinski definition) is 1. The highest BCUT2D eigenvalue weighted by molar-refractivity contribution is 5.85. The average molecular weight is 272 g/mol. The van der Waals surface area contributed by atoms with Crippen LogP contribution in [0, 0.1) is 5.92 Å². The van der Waals surface area contributed by atoms with Crippen LogP contribution in [0.4, 0.5) is 13.2 Å². The lowest BCUT2D eigenvalue weighted by Crippen LogP contribution is -2.07. The first-order valence-corrected chi connectivity index (χ1v) is 5.81. The Kier molecular flexibility index (Phi) is 4.75. The van der Waals surface area contributed by atoms with E-state index in [1.165, 1.54) is 12.1 Å². The van der Waals surface area contributed by atoms with E-state index in [2.05, 4.69) is 0 Å². The minimum Gasteiger partial charge on any atom is -0.478 e. The van der Waals surface area contributed by atoms with Gasteiger partial charge in [-0.3, -0.25) is 0 Å². The van der Waals surface area contributed by atoms with Crippen LogP contribution in [0.5, 0.6) is 0 Å². The molecule has 0 spiro atoms. The smallest absolute Gasteiger partial charge is 0.416 e. The Morgan fingerprint density at radius 2 is 2.00 bits per heavy atom. The first kappa shape index (κ1) is 15.3. The van der Waals surface area contributed by atoms with Gasteiger partial charge in [0.25, 0.3) is 0 Å².